The Morgan fingerprint density at radius 3 is 2.42 bits per heavy atom. The zero-order chi connectivity index (χ0) is 23.0. The molecule has 0 unspecified atom stereocenters. The summed E-state index contributed by atoms with van der Waals surface area (Å²) in [6.07, 6.45) is 0.107. The molecule has 1 heterocycles. The van der Waals surface area contributed by atoms with Crippen LogP contribution in [-0.2, 0) is 16.0 Å². The highest BCUT2D eigenvalue weighted by molar-refractivity contribution is 6.45. The first-order valence-corrected chi connectivity index (χ1v) is 10.2. The fourth-order valence-electron chi connectivity index (χ4n) is 3.37. The number of carboxylic acid groups (broad SMARTS) is 1. The predicted molar refractivity (Wildman–Crippen MR) is 111 cm³/mol. The third-order valence-corrected chi connectivity index (χ3v) is 5.01. The molecule has 2 aromatic rings. The van der Waals surface area contributed by atoms with Gasteiger partial charge in [-0.2, -0.15) is 5.26 Å². The number of benzene rings is 1. The third kappa shape index (κ3) is 5.98. The zero-order valence-corrected chi connectivity index (χ0v) is 17.8. The number of nitrogens with zero attached hydrogens (tertiary/aromatic N) is 4. The summed E-state index contributed by atoms with van der Waals surface area (Å²) < 4.78 is 5.72. The highest BCUT2D eigenvalue weighted by Gasteiger charge is 2.39. The largest absolute Gasteiger partial charge is 0.465 e. The highest BCUT2D eigenvalue weighted by Crippen LogP contribution is 2.24. The Balaban J connectivity index is 2.36. The van der Waals surface area contributed by atoms with E-state index in [-0.39, 0.29) is 24.7 Å². The molecule has 9 heteroatoms. The van der Waals surface area contributed by atoms with E-state index in [4.69, 9.17) is 9.68 Å². The molecule has 164 valence electrons. The van der Waals surface area contributed by atoms with Gasteiger partial charge in [-0.1, -0.05) is 51.8 Å². The molecule has 9 nitrogen and oxygen atoms in total. The lowest BCUT2D eigenvalue weighted by molar-refractivity contribution is -0.137. The summed E-state index contributed by atoms with van der Waals surface area (Å²) in [5, 5.41) is 26.9. The number of carbonyl (C=O) groups is 3. The summed E-state index contributed by atoms with van der Waals surface area (Å²) >= 11 is 0. The summed E-state index contributed by atoms with van der Waals surface area (Å²) in [5.74, 6) is -1.97. The van der Waals surface area contributed by atoms with Crippen molar-refractivity contribution < 1.29 is 23.9 Å². The predicted octanol–water partition coefficient (Wildman–Crippen LogP) is 3.50. The van der Waals surface area contributed by atoms with Crippen LogP contribution >= 0.6 is 0 Å². The molecule has 2 rings (SSSR count). The third-order valence-electron chi connectivity index (χ3n) is 5.01. The number of hydrogen-bond donors (Lipinski definition) is 1. The Bertz CT molecular complexity index is 948. The van der Waals surface area contributed by atoms with Crippen molar-refractivity contribution in [3.63, 3.8) is 0 Å². The summed E-state index contributed by atoms with van der Waals surface area (Å²) in [6.45, 7) is 5.51. The van der Waals surface area contributed by atoms with Crippen molar-refractivity contribution in [2.24, 2.45) is 5.92 Å². The molecule has 0 aliphatic rings. The molecule has 0 saturated heterocycles. The normalized spacial score (nSPS) is 12.7. The standard InChI is InChI=1S/C22H26N4O5/c1-4-5-11-16(20(28)18(27)13-23)26(22(29)30)17(14(2)3)12-19-24-25-21(31-19)15-9-7-6-8-10-15/h6-10,14,16-17H,4-5,11-12H2,1-3H3,(H,29,30)/t16-,17-/m0/s1. The van der Waals surface area contributed by atoms with Gasteiger partial charge in [-0.05, 0) is 24.5 Å². The number of ketones is 2. The van der Waals surface area contributed by atoms with E-state index < -0.39 is 29.7 Å². The second kappa shape index (κ2) is 11.0. The van der Waals surface area contributed by atoms with Crippen LogP contribution < -0.4 is 0 Å². The molecular formula is C22H26N4O5. The lowest BCUT2D eigenvalue weighted by Crippen LogP contribution is -2.54. The van der Waals surface area contributed by atoms with E-state index in [1.54, 1.807) is 0 Å². The minimum atomic E-state index is -1.35. The lowest BCUT2D eigenvalue weighted by atomic mass is 9.93. The van der Waals surface area contributed by atoms with E-state index in [0.717, 1.165) is 10.5 Å². The maximum atomic E-state index is 12.6. The van der Waals surface area contributed by atoms with Gasteiger partial charge in [-0.25, -0.2) is 4.79 Å². The first-order valence-electron chi connectivity index (χ1n) is 10.2. The molecular weight excluding hydrogens is 400 g/mol. The number of Topliss-reactive ketones (excluding diaryl/α,β-unsaturated/α-hetero) is 2. The van der Waals surface area contributed by atoms with Crippen LogP contribution in [-0.4, -0.2) is 49.9 Å². The maximum Gasteiger partial charge on any atom is 0.408 e. The summed E-state index contributed by atoms with van der Waals surface area (Å²) in [5.41, 5.74) is 0.730. The maximum absolute atomic E-state index is 12.6. The molecule has 31 heavy (non-hydrogen) atoms. The van der Waals surface area contributed by atoms with Crippen molar-refractivity contribution >= 4 is 17.7 Å². The van der Waals surface area contributed by atoms with Crippen molar-refractivity contribution in [3.05, 3.63) is 36.2 Å². The van der Waals surface area contributed by atoms with E-state index in [0.29, 0.717) is 18.7 Å². The molecule has 1 aromatic carbocycles. The van der Waals surface area contributed by atoms with Gasteiger partial charge < -0.3 is 9.52 Å². The topological polar surface area (TPSA) is 137 Å². The molecule has 2 atom stereocenters. The van der Waals surface area contributed by atoms with Gasteiger partial charge in [0.25, 0.3) is 5.78 Å². The molecule has 0 aliphatic carbocycles. The number of rotatable bonds is 11. The fourth-order valence-corrected chi connectivity index (χ4v) is 3.37. The number of amides is 1. The second-order valence-electron chi connectivity index (χ2n) is 7.54. The molecule has 0 aliphatic heterocycles. The van der Waals surface area contributed by atoms with Gasteiger partial charge >= 0.3 is 6.09 Å². The van der Waals surface area contributed by atoms with E-state index in [1.807, 2.05) is 51.1 Å². The Morgan fingerprint density at radius 1 is 1.19 bits per heavy atom. The van der Waals surface area contributed by atoms with Gasteiger partial charge in [-0.15, -0.1) is 10.2 Å². The lowest BCUT2D eigenvalue weighted by Gasteiger charge is -2.36. The van der Waals surface area contributed by atoms with E-state index in [1.165, 1.54) is 6.07 Å². The van der Waals surface area contributed by atoms with Gasteiger partial charge in [0.2, 0.25) is 17.6 Å². The van der Waals surface area contributed by atoms with Crippen LogP contribution in [0, 0.1) is 17.2 Å². The summed E-state index contributed by atoms with van der Waals surface area (Å²) in [6, 6.07) is 8.50. The van der Waals surface area contributed by atoms with Crippen molar-refractivity contribution in [2.75, 3.05) is 0 Å². The van der Waals surface area contributed by atoms with Gasteiger partial charge in [-0.3, -0.25) is 14.5 Å². The SMILES string of the molecule is CCCC[C@@H](C(=O)C(=O)C#N)N(C(=O)O)[C@@H](Cc1nnc(-c2ccccc2)o1)C(C)C. The molecule has 0 spiro atoms. The number of hydrogen-bond acceptors (Lipinski definition) is 7. The summed E-state index contributed by atoms with van der Waals surface area (Å²) in [4.78, 5) is 37.5. The van der Waals surface area contributed by atoms with Crippen LogP contribution in [0.3, 0.4) is 0 Å². The minimum absolute atomic E-state index is 0.0699. The van der Waals surface area contributed by atoms with Crippen LogP contribution in [0.5, 0.6) is 0 Å². The second-order valence-corrected chi connectivity index (χ2v) is 7.54. The Hall–Kier alpha value is -3.54. The molecule has 1 amide bonds. The van der Waals surface area contributed by atoms with Gasteiger partial charge in [0.15, 0.2) is 0 Å². The van der Waals surface area contributed by atoms with Crippen LogP contribution in [0.25, 0.3) is 11.5 Å². The van der Waals surface area contributed by atoms with Crippen molar-refractivity contribution in [1.82, 2.24) is 15.1 Å². The van der Waals surface area contributed by atoms with Gasteiger partial charge in [0, 0.05) is 18.0 Å². The minimum Gasteiger partial charge on any atom is -0.465 e. The Labute approximate surface area is 180 Å². The molecule has 0 saturated carbocycles. The number of carbonyl (C=O) groups excluding carboxylic acids is 2. The highest BCUT2D eigenvalue weighted by atomic mass is 16.4. The first kappa shape index (κ1) is 23.7. The Kier molecular flexibility index (Phi) is 8.43. The quantitative estimate of drug-likeness (QED) is 0.426. The van der Waals surface area contributed by atoms with E-state index in [2.05, 4.69) is 10.2 Å². The van der Waals surface area contributed by atoms with Crippen molar-refractivity contribution in [2.45, 2.75) is 58.5 Å². The summed E-state index contributed by atoms with van der Waals surface area (Å²) in [7, 11) is 0. The molecule has 0 radical (unpaired) electrons. The van der Waals surface area contributed by atoms with E-state index in [9.17, 15) is 19.5 Å². The molecule has 1 aromatic heterocycles. The van der Waals surface area contributed by atoms with Crippen LogP contribution in [0.1, 0.15) is 45.9 Å². The smallest absolute Gasteiger partial charge is 0.408 e. The Morgan fingerprint density at radius 2 is 1.87 bits per heavy atom. The van der Waals surface area contributed by atoms with Crippen molar-refractivity contribution in [3.8, 4) is 17.5 Å². The first-order chi connectivity index (χ1) is 14.8. The monoisotopic (exact) mass is 426 g/mol. The van der Waals surface area contributed by atoms with E-state index >= 15 is 0 Å². The molecule has 0 bridgehead atoms. The molecule has 0 fully saturated rings. The van der Waals surface area contributed by atoms with Crippen LogP contribution in [0.2, 0.25) is 0 Å². The average molecular weight is 426 g/mol. The van der Waals surface area contributed by atoms with Gasteiger partial charge in [0.05, 0.1) is 0 Å². The van der Waals surface area contributed by atoms with Gasteiger partial charge in [0.1, 0.15) is 12.1 Å². The average Bonchev–Trinajstić information content (AvgIpc) is 3.23. The van der Waals surface area contributed by atoms with Crippen molar-refractivity contribution in [1.29, 1.82) is 5.26 Å². The number of nitriles is 1. The fraction of sp³-hybridized carbons (Fsp3) is 0.455. The number of aromatic nitrogens is 2. The zero-order valence-electron chi connectivity index (χ0n) is 17.8. The number of unbranched alkanes of at least 4 members (excludes halogenated alkanes) is 1. The van der Waals surface area contributed by atoms with Crippen LogP contribution in [0.15, 0.2) is 34.7 Å². The van der Waals surface area contributed by atoms with Crippen LogP contribution in [0.4, 0.5) is 4.79 Å². The molecule has 1 N–H and O–H groups in total.